The van der Waals surface area contributed by atoms with E-state index in [-0.39, 0.29) is 11.3 Å². The van der Waals surface area contributed by atoms with Gasteiger partial charge in [-0.2, -0.15) is 0 Å². The summed E-state index contributed by atoms with van der Waals surface area (Å²) in [6.45, 7) is 0. The Kier molecular flexibility index (Phi) is 5.48. The number of rotatable bonds is 4. The summed E-state index contributed by atoms with van der Waals surface area (Å²) in [5.74, 6) is -1.86. The lowest BCUT2D eigenvalue weighted by atomic mass is 9.95. The minimum atomic E-state index is -0.912. The van der Waals surface area contributed by atoms with Gasteiger partial charge in [-0.15, -0.1) is 0 Å². The quantitative estimate of drug-likeness (QED) is 0.350. The van der Waals surface area contributed by atoms with Crippen LogP contribution in [0.15, 0.2) is 78.4 Å². The van der Waals surface area contributed by atoms with Gasteiger partial charge < -0.3 is 9.84 Å². The third kappa shape index (κ3) is 3.78. The zero-order valence-electron chi connectivity index (χ0n) is 16.4. The highest BCUT2D eigenvalue weighted by atomic mass is 35.5. The Balaban J connectivity index is 1.91. The van der Waals surface area contributed by atoms with Crippen molar-refractivity contribution in [1.82, 2.24) is 0 Å². The highest BCUT2D eigenvalue weighted by Crippen LogP contribution is 2.42. The molecule has 1 aliphatic rings. The third-order valence-corrected chi connectivity index (χ3v) is 5.35. The number of halogens is 2. The lowest BCUT2D eigenvalue weighted by Gasteiger charge is -2.25. The highest BCUT2D eigenvalue weighted by molar-refractivity contribution is 6.51. The maximum atomic E-state index is 13.5. The summed E-state index contributed by atoms with van der Waals surface area (Å²) in [6.07, 6.45) is 0. The van der Waals surface area contributed by atoms with Gasteiger partial charge in [-0.3, -0.25) is 14.5 Å². The van der Waals surface area contributed by atoms with E-state index in [1.807, 2.05) is 0 Å². The normalized spacial score (nSPS) is 17.8. The van der Waals surface area contributed by atoms with E-state index in [1.165, 1.54) is 36.3 Å². The standard InChI is InChI=1S/C24H17ClFNO4/c1-31-19-12-4-15(5-13-19)22(28)20-21(14-2-6-16(25)7-3-14)27(24(30)23(20)29)18-10-8-17(26)9-11-18/h2-13,21,28H,1H3/b22-20+. The fourth-order valence-electron chi connectivity index (χ4n) is 3.57. The second-order valence-electron chi connectivity index (χ2n) is 6.93. The van der Waals surface area contributed by atoms with E-state index in [2.05, 4.69) is 0 Å². The highest BCUT2D eigenvalue weighted by Gasteiger charge is 2.46. The van der Waals surface area contributed by atoms with Crippen molar-refractivity contribution < 1.29 is 23.8 Å². The number of ketones is 1. The SMILES string of the molecule is COc1ccc(/C(O)=C2\C(=O)C(=O)N(c3ccc(F)cc3)C2c2ccc(Cl)cc2)cc1. The summed E-state index contributed by atoms with van der Waals surface area (Å²) < 4.78 is 18.6. The van der Waals surface area contributed by atoms with Gasteiger partial charge in [0, 0.05) is 16.3 Å². The Hall–Kier alpha value is -3.64. The molecule has 1 atom stereocenters. The molecule has 4 rings (SSSR count). The number of ether oxygens (including phenoxy) is 1. The predicted molar refractivity (Wildman–Crippen MR) is 116 cm³/mol. The number of methoxy groups -OCH3 is 1. The molecule has 0 aromatic heterocycles. The first-order chi connectivity index (χ1) is 14.9. The Morgan fingerprint density at radius 1 is 0.968 bits per heavy atom. The molecule has 3 aromatic rings. The number of nitrogens with zero attached hydrogens (tertiary/aromatic N) is 1. The van der Waals surface area contributed by atoms with Gasteiger partial charge in [0.15, 0.2) is 0 Å². The molecule has 1 N–H and O–H groups in total. The first kappa shape index (κ1) is 20.6. The molecule has 1 amide bonds. The van der Waals surface area contributed by atoms with E-state index in [4.69, 9.17) is 16.3 Å². The van der Waals surface area contributed by atoms with Crippen molar-refractivity contribution in [3.05, 3.63) is 100 Å². The lowest BCUT2D eigenvalue weighted by molar-refractivity contribution is -0.132. The number of amides is 1. The van der Waals surface area contributed by atoms with Crippen molar-refractivity contribution in [1.29, 1.82) is 0 Å². The number of carbonyl (C=O) groups excluding carboxylic acids is 2. The van der Waals surface area contributed by atoms with E-state index in [9.17, 15) is 19.1 Å². The number of aliphatic hydroxyl groups is 1. The summed E-state index contributed by atoms with van der Waals surface area (Å²) >= 11 is 6.01. The number of hydrogen-bond acceptors (Lipinski definition) is 4. The number of benzene rings is 3. The molecule has 1 unspecified atom stereocenters. The molecule has 5 nitrogen and oxygen atoms in total. The molecule has 1 fully saturated rings. The van der Waals surface area contributed by atoms with Crippen LogP contribution < -0.4 is 9.64 Å². The molecule has 0 radical (unpaired) electrons. The molecular formula is C24H17ClFNO4. The number of aliphatic hydroxyl groups excluding tert-OH is 1. The second kappa shape index (κ2) is 8.24. The van der Waals surface area contributed by atoms with Gasteiger partial charge in [0.1, 0.15) is 17.3 Å². The van der Waals surface area contributed by atoms with Crippen LogP contribution in [0.2, 0.25) is 5.02 Å². The van der Waals surface area contributed by atoms with Gasteiger partial charge in [0.05, 0.1) is 18.7 Å². The molecule has 3 aromatic carbocycles. The molecule has 7 heteroatoms. The average Bonchev–Trinajstić information content (AvgIpc) is 3.05. The van der Waals surface area contributed by atoms with E-state index in [0.29, 0.717) is 27.6 Å². The molecule has 0 bridgehead atoms. The van der Waals surface area contributed by atoms with Crippen molar-refractivity contribution in [3.63, 3.8) is 0 Å². The summed E-state index contributed by atoms with van der Waals surface area (Å²) in [5.41, 5.74) is 1.19. The summed E-state index contributed by atoms with van der Waals surface area (Å²) in [4.78, 5) is 27.2. The first-order valence-electron chi connectivity index (χ1n) is 9.37. The van der Waals surface area contributed by atoms with Crippen LogP contribution in [0.1, 0.15) is 17.2 Å². The molecule has 1 saturated heterocycles. The molecule has 0 spiro atoms. The van der Waals surface area contributed by atoms with E-state index >= 15 is 0 Å². The lowest BCUT2D eigenvalue weighted by Crippen LogP contribution is -2.29. The molecular weight excluding hydrogens is 421 g/mol. The molecule has 31 heavy (non-hydrogen) atoms. The number of Topliss-reactive ketones (excluding diaryl/α,β-unsaturated/α-hetero) is 1. The monoisotopic (exact) mass is 437 g/mol. The van der Waals surface area contributed by atoms with Gasteiger partial charge in [-0.05, 0) is 66.2 Å². The van der Waals surface area contributed by atoms with Crippen LogP contribution in [0.25, 0.3) is 5.76 Å². The van der Waals surface area contributed by atoms with E-state index in [1.54, 1.807) is 48.5 Å². The van der Waals surface area contributed by atoms with Crippen molar-refractivity contribution in [3.8, 4) is 5.75 Å². The minimum absolute atomic E-state index is 0.0678. The van der Waals surface area contributed by atoms with Crippen molar-refractivity contribution in [2.45, 2.75) is 6.04 Å². The molecule has 1 heterocycles. The van der Waals surface area contributed by atoms with Gasteiger partial charge in [-0.1, -0.05) is 23.7 Å². The van der Waals surface area contributed by atoms with Crippen LogP contribution in [-0.2, 0) is 9.59 Å². The average molecular weight is 438 g/mol. The molecule has 0 aliphatic carbocycles. The molecule has 156 valence electrons. The Morgan fingerprint density at radius 2 is 1.58 bits per heavy atom. The van der Waals surface area contributed by atoms with Crippen LogP contribution in [0.4, 0.5) is 10.1 Å². The predicted octanol–water partition coefficient (Wildman–Crippen LogP) is 5.11. The number of carbonyl (C=O) groups is 2. The van der Waals surface area contributed by atoms with Gasteiger partial charge in [0.2, 0.25) is 0 Å². The fraction of sp³-hybridized carbons (Fsp3) is 0.0833. The van der Waals surface area contributed by atoms with Gasteiger partial charge in [0.25, 0.3) is 11.7 Å². The van der Waals surface area contributed by atoms with Crippen LogP contribution in [-0.4, -0.2) is 23.9 Å². The van der Waals surface area contributed by atoms with Crippen LogP contribution in [0, 0.1) is 5.82 Å². The largest absolute Gasteiger partial charge is 0.507 e. The Labute approximate surface area is 182 Å². The Bertz CT molecular complexity index is 1170. The smallest absolute Gasteiger partial charge is 0.300 e. The Morgan fingerprint density at radius 3 is 2.16 bits per heavy atom. The topological polar surface area (TPSA) is 66.8 Å². The molecule has 0 saturated carbocycles. The first-order valence-corrected chi connectivity index (χ1v) is 9.75. The van der Waals surface area contributed by atoms with Gasteiger partial charge in [-0.25, -0.2) is 4.39 Å². The van der Waals surface area contributed by atoms with E-state index < -0.39 is 23.5 Å². The zero-order valence-corrected chi connectivity index (χ0v) is 17.1. The third-order valence-electron chi connectivity index (χ3n) is 5.10. The number of anilines is 1. The van der Waals surface area contributed by atoms with Crippen molar-refractivity contribution in [2.75, 3.05) is 12.0 Å². The number of hydrogen-bond donors (Lipinski definition) is 1. The van der Waals surface area contributed by atoms with Gasteiger partial charge >= 0.3 is 0 Å². The van der Waals surface area contributed by atoms with Crippen LogP contribution >= 0.6 is 11.6 Å². The summed E-state index contributed by atoms with van der Waals surface area (Å²) in [7, 11) is 1.52. The van der Waals surface area contributed by atoms with Crippen molar-refractivity contribution >= 4 is 34.7 Å². The van der Waals surface area contributed by atoms with Crippen molar-refractivity contribution in [2.24, 2.45) is 0 Å². The maximum Gasteiger partial charge on any atom is 0.300 e. The zero-order chi connectivity index (χ0) is 22.1. The molecule has 1 aliphatic heterocycles. The maximum absolute atomic E-state index is 13.5. The fourth-order valence-corrected chi connectivity index (χ4v) is 3.69. The summed E-state index contributed by atoms with van der Waals surface area (Å²) in [5, 5.41) is 11.5. The van der Waals surface area contributed by atoms with E-state index in [0.717, 1.165) is 0 Å². The second-order valence-corrected chi connectivity index (χ2v) is 7.36. The summed E-state index contributed by atoms with van der Waals surface area (Å²) in [6, 6.07) is 17.4. The van der Waals surface area contributed by atoms with Crippen LogP contribution in [0.5, 0.6) is 5.75 Å². The minimum Gasteiger partial charge on any atom is -0.507 e. The van der Waals surface area contributed by atoms with Crippen LogP contribution in [0.3, 0.4) is 0 Å².